The summed E-state index contributed by atoms with van der Waals surface area (Å²) in [5, 5.41) is 2.81. The van der Waals surface area contributed by atoms with E-state index in [1.54, 1.807) is 6.20 Å². The molecule has 10 nitrogen and oxygen atoms in total. The standard InChI is InChI=1S/C34H42N6O4/c1-21(38-31(41)43-33(2,3)4)30-37-20-28(39-30)23-12-10-22(11-13-23)26-15-14-24(18-35-26)25-17-27(36-19-25)29-9-8-16-40(29)32(42)44-34(5,6)7/h10-15,18-21,29H,8-9,16-17H2,1-7H3,(H,37,39)(H,38,41)/t21-,29-/m0/s1. The molecule has 3 aromatic rings. The highest BCUT2D eigenvalue weighted by molar-refractivity contribution is 6.02. The number of nitrogens with one attached hydrogen (secondary N) is 2. The normalized spacial score (nSPS) is 17.6. The molecule has 0 spiro atoms. The number of aromatic nitrogens is 3. The minimum absolute atomic E-state index is 0.0280. The van der Waals surface area contributed by atoms with E-state index in [9.17, 15) is 9.59 Å². The zero-order chi connectivity index (χ0) is 31.6. The maximum absolute atomic E-state index is 12.8. The number of aliphatic imine (C=N–C) groups is 1. The van der Waals surface area contributed by atoms with Crippen molar-refractivity contribution in [2.24, 2.45) is 4.99 Å². The minimum Gasteiger partial charge on any atom is -0.444 e. The van der Waals surface area contributed by atoms with Crippen molar-refractivity contribution in [1.29, 1.82) is 0 Å². The molecule has 10 heteroatoms. The molecule has 2 aromatic heterocycles. The molecule has 2 aliphatic rings. The predicted molar refractivity (Wildman–Crippen MR) is 171 cm³/mol. The molecular weight excluding hydrogens is 556 g/mol. The number of ether oxygens (including phenoxy) is 2. The fourth-order valence-electron chi connectivity index (χ4n) is 5.31. The lowest BCUT2D eigenvalue weighted by molar-refractivity contribution is 0.0265. The van der Waals surface area contributed by atoms with E-state index in [0.29, 0.717) is 18.8 Å². The minimum atomic E-state index is -0.567. The Morgan fingerprint density at radius 1 is 0.932 bits per heavy atom. The molecule has 5 rings (SSSR count). The average Bonchev–Trinajstić information content (AvgIpc) is 3.72. The van der Waals surface area contributed by atoms with E-state index >= 15 is 0 Å². The lowest BCUT2D eigenvalue weighted by atomic mass is 9.99. The number of benzene rings is 1. The summed E-state index contributed by atoms with van der Waals surface area (Å²) >= 11 is 0. The van der Waals surface area contributed by atoms with Crippen LogP contribution in [0.3, 0.4) is 0 Å². The maximum Gasteiger partial charge on any atom is 0.410 e. The van der Waals surface area contributed by atoms with Crippen LogP contribution in [0.15, 0.2) is 60.0 Å². The fraction of sp³-hybridized carbons (Fsp3) is 0.441. The first-order chi connectivity index (χ1) is 20.8. The van der Waals surface area contributed by atoms with Gasteiger partial charge in [-0.25, -0.2) is 14.6 Å². The molecule has 2 N–H and O–H groups in total. The summed E-state index contributed by atoms with van der Waals surface area (Å²) in [5.74, 6) is 0.644. The van der Waals surface area contributed by atoms with Crippen LogP contribution >= 0.6 is 0 Å². The topological polar surface area (TPSA) is 122 Å². The lowest BCUT2D eigenvalue weighted by Gasteiger charge is -2.28. The number of carbonyl (C=O) groups excluding carboxylic acids is 2. The Morgan fingerprint density at radius 2 is 1.61 bits per heavy atom. The molecule has 2 aliphatic heterocycles. The van der Waals surface area contributed by atoms with Crippen LogP contribution in [0.5, 0.6) is 0 Å². The SMILES string of the molecule is C[C@H](NC(=O)OC(C)(C)C)c1ncc(-c2ccc(-c3ccc(C4=CN=C([C@@H]5CCCN5C(=O)OC(C)(C)C)C4)cn3)cc2)[nH]1. The van der Waals surface area contributed by atoms with Crippen molar-refractivity contribution in [1.82, 2.24) is 25.2 Å². The van der Waals surface area contributed by atoms with Crippen molar-refractivity contribution in [3.05, 3.63) is 66.4 Å². The number of carbonyl (C=O) groups is 2. The summed E-state index contributed by atoms with van der Waals surface area (Å²) in [5.41, 5.74) is 5.71. The highest BCUT2D eigenvalue weighted by atomic mass is 16.6. The molecule has 44 heavy (non-hydrogen) atoms. The Morgan fingerprint density at radius 3 is 2.27 bits per heavy atom. The Balaban J connectivity index is 1.18. The van der Waals surface area contributed by atoms with Crippen LogP contribution in [0.4, 0.5) is 9.59 Å². The van der Waals surface area contributed by atoms with Gasteiger partial charge in [0.05, 0.1) is 29.7 Å². The van der Waals surface area contributed by atoms with Crippen LogP contribution in [0.1, 0.15) is 85.2 Å². The third-order valence-corrected chi connectivity index (χ3v) is 7.39. The average molecular weight is 599 g/mol. The number of allylic oxidation sites excluding steroid dienone is 1. The number of H-pyrrole nitrogens is 1. The highest BCUT2D eigenvalue weighted by Gasteiger charge is 2.36. The molecule has 0 radical (unpaired) electrons. The summed E-state index contributed by atoms with van der Waals surface area (Å²) < 4.78 is 11.0. The van der Waals surface area contributed by atoms with E-state index in [0.717, 1.165) is 52.2 Å². The summed E-state index contributed by atoms with van der Waals surface area (Å²) in [6.07, 6.45) is 7.32. The summed E-state index contributed by atoms with van der Waals surface area (Å²) in [6.45, 7) is 13.7. The number of amides is 2. The number of rotatable bonds is 6. The van der Waals surface area contributed by atoms with Gasteiger partial charge in [-0.05, 0) is 84.1 Å². The zero-order valence-electron chi connectivity index (χ0n) is 26.6. The first-order valence-electron chi connectivity index (χ1n) is 15.1. The van der Waals surface area contributed by atoms with Crippen molar-refractivity contribution >= 4 is 23.5 Å². The second kappa shape index (κ2) is 12.3. The first-order valence-corrected chi connectivity index (χ1v) is 15.1. The van der Waals surface area contributed by atoms with Gasteiger partial charge in [0.2, 0.25) is 0 Å². The number of hydrogen-bond donors (Lipinski definition) is 2. The fourth-order valence-corrected chi connectivity index (χ4v) is 5.31. The molecule has 0 unspecified atom stereocenters. The van der Waals surface area contributed by atoms with Gasteiger partial charge in [-0.15, -0.1) is 0 Å². The summed E-state index contributed by atoms with van der Waals surface area (Å²) in [4.78, 5) is 43.9. The van der Waals surface area contributed by atoms with Gasteiger partial charge in [0.25, 0.3) is 0 Å². The third kappa shape index (κ3) is 7.53. The van der Waals surface area contributed by atoms with Crippen molar-refractivity contribution in [3.63, 3.8) is 0 Å². The Bertz CT molecular complexity index is 1560. The van der Waals surface area contributed by atoms with Gasteiger partial charge < -0.3 is 19.8 Å². The Labute approximate surface area is 259 Å². The van der Waals surface area contributed by atoms with Gasteiger partial charge in [-0.3, -0.25) is 14.9 Å². The van der Waals surface area contributed by atoms with Crippen LogP contribution in [0.25, 0.3) is 28.1 Å². The van der Waals surface area contributed by atoms with Crippen LogP contribution in [-0.4, -0.2) is 61.5 Å². The molecule has 2 atom stereocenters. The van der Waals surface area contributed by atoms with Crippen molar-refractivity contribution in [2.75, 3.05) is 6.54 Å². The zero-order valence-corrected chi connectivity index (χ0v) is 26.6. The monoisotopic (exact) mass is 598 g/mol. The number of alkyl carbamates (subject to hydrolysis) is 1. The largest absolute Gasteiger partial charge is 0.444 e. The van der Waals surface area contributed by atoms with Gasteiger partial charge in [0.15, 0.2) is 0 Å². The van der Waals surface area contributed by atoms with Crippen LogP contribution in [-0.2, 0) is 9.47 Å². The summed E-state index contributed by atoms with van der Waals surface area (Å²) in [6, 6.07) is 11.8. The molecule has 1 fully saturated rings. The van der Waals surface area contributed by atoms with Gasteiger partial charge in [-0.1, -0.05) is 30.3 Å². The number of pyridine rings is 1. The second-order valence-electron chi connectivity index (χ2n) is 13.3. The lowest BCUT2D eigenvalue weighted by Crippen LogP contribution is -2.43. The number of likely N-dealkylation sites (tertiary alicyclic amines) is 1. The van der Waals surface area contributed by atoms with E-state index in [2.05, 4.69) is 21.4 Å². The number of aromatic amines is 1. The van der Waals surface area contributed by atoms with Gasteiger partial charge in [-0.2, -0.15) is 0 Å². The van der Waals surface area contributed by atoms with E-state index in [1.165, 1.54) is 0 Å². The van der Waals surface area contributed by atoms with Crippen LogP contribution < -0.4 is 5.32 Å². The molecule has 232 valence electrons. The molecule has 1 saturated heterocycles. The molecule has 0 saturated carbocycles. The molecule has 0 aliphatic carbocycles. The van der Waals surface area contributed by atoms with Crippen LogP contribution in [0, 0.1) is 0 Å². The summed E-state index contributed by atoms with van der Waals surface area (Å²) in [7, 11) is 0. The molecule has 1 aromatic carbocycles. The Kier molecular flexibility index (Phi) is 8.63. The number of nitrogens with zero attached hydrogens (tertiary/aromatic N) is 4. The van der Waals surface area contributed by atoms with E-state index in [4.69, 9.17) is 19.5 Å². The van der Waals surface area contributed by atoms with E-state index < -0.39 is 17.3 Å². The first kappa shape index (κ1) is 31.0. The second-order valence-corrected chi connectivity index (χ2v) is 13.3. The third-order valence-electron chi connectivity index (χ3n) is 7.39. The quantitative estimate of drug-likeness (QED) is 0.307. The molecule has 4 heterocycles. The Hall–Kier alpha value is -4.47. The van der Waals surface area contributed by atoms with Crippen molar-refractivity contribution < 1.29 is 19.1 Å². The molecule has 2 amide bonds. The maximum atomic E-state index is 12.8. The molecular formula is C34H42N6O4. The van der Waals surface area contributed by atoms with Gasteiger partial charge >= 0.3 is 12.2 Å². The van der Waals surface area contributed by atoms with Crippen molar-refractivity contribution in [2.45, 2.75) is 91.0 Å². The highest BCUT2D eigenvalue weighted by Crippen LogP contribution is 2.31. The molecule has 0 bridgehead atoms. The van der Waals surface area contributed by atoms with E-state index in [1.807, 2.05) is 96.1 Å². The number of imidazole rings is 1. The number of hydrogen-bond acceptors (Lipinski definition) is 7. The van der Waals surface area contributed by atoms with E-state index in [-0.39, 0.29) is 18.2 Å². The smallest absolute Gasteiger partial charge is 0.410 e. The van der Waals surface area contributed by atoms with Crippen LogP contribution in [0.2, 0.25) is 0 Å². The van der Waals surface area contributed by atoms with Gasteiger partial charge in [0, 0.05) is 36.6 Å². The van der Waals surface area contributed by atoms with Gasteiger partial charge in [0.1, 0.15) is 17.0 Å². The predicted octanol–water partition coefficient (Wildman–Crippen LogP) is 7.31. The van der Waals surface area contributed by atoms with Crippen molar-refractivity contribution in [3.8, 4) is 22.5 Å².